The summed E-state index contributed by atoms with van der Waals surface area (Å²) in [5.74, 6) is 0.384. The molecule has 3 aromatic rings. The molecule has 0 heterocycles. The van der Waals surface area contributed by atoms with E-state index < -0.39 is 0 Å². The van der Waals surface area contributed by atoms with Crippen molar-refractivity contribution in [2.75, 3.05) is 5.01 Å². The lowest BCUT2D eigenvalue weighted by atomic mass is 9.78. The van der Waals surface area contributed by atoms with Crippen LogP contribution in [0.3, 0.4) is 0 Å². The molecule has 0 bridgehead atoms. The zero-order valence-electron chi connectivity index (χ0n) is 18.8. The van der Waals surface area contributed by atoms with E-state index in [0.29, 0.717) is 5.75 Å². The Morgan fingerprint density at radius 2 is 1.10 bits per heavy atom. The summed E-state index contributed by atoms with van der Waals surface area (Å²) in [5, 5.41) is 17.7. The first kappa shape index (κ1) is 21.6. The SMILES string of the molecule is CC(C)(C)c1cc(/C=N/N(c2ccccc2)c2ccccc2)cc(C(C)(C)C)c1O. The van der Waals surface area contributed by atoms with Crippen LogP contribution in [0.4, 0.5) is 11.4 Å². The molecule has 0 fully saturated rings. The molecule has 0 spiro atoms. The fourth-order valence-electron chi connectivity index (χ4n) is 3.42. The number of rotatable bonds is 4. The van der Waals surface area contributed by atoms with Crippen molar-refractivity contribution in [2.45, 2.75) is 52.4 Å². The van der Waals surface area contributed by atoms with Crippen molar-refractivity contribution >= 4 is 17.6 Å². The third-order valence-corrected chi connectivity index (χ3v) is 5.07. The van der Waals surface area contributed by atoms with Crippen LogP contribution >= 0.6 is 0 Å². The molecule has 3 nitrogen and oxygen atoms in total. The molecule has 1 N–H and O–H groups in total. The molecule has 0 aliphatic rings. The van der Waals surface area contributed by atoms with Crippen molar-refractivity contribution in [3.05, 3.63) is 89.5 Å². The minimum Gasteiger partial charge on any atom is -0.507 e. The van der Waals surface area contributed by atoms with E-state index >= 15 is 0 Å². The largest absolute Gasteiger partial charge is 0.507 e. The zero-order chi connectivity index (χ0) is 21.9. The summed E-state index contributed by atoms with van der Waals surface area (Å²) in [6, 6.07) is 24.3. The third-order valence-electron chi connectivity index (χ3n) is 5.07. The molecule has 3 aromatic carbocycles. The quantitative estimate of drug-likeness (QED) is 0.372. The molecule has 0 unspecified atom stereocenters. The topological polar surface area (TPSA) is 35.8 Å². The molecule has 0 aromatic heterocycles. The first-order valence-electron chi connectivity index (χ1n) is 10.4. The summed E-state index contributed by atoms with van der Waals surface area (Å²) in [5.41, 5.74) is 4.47. The molecule has 3 heteroatoms. The minimum absolute atomic E-state index is 0.174. The second kappa shape index (κ2) is 8.35. The van der Waals surface area contributed by atoms with Gasteiger partial charge in [0.2, 0.25) is 0 Å². The molecule has 0 aliphatic heterocycles. The van der Waals surface area contributed by atoms with Crippen LogP contribution in [0.5, 0.6) is 5.75 Å². The van der Waals surface area contributed by atoms with E-state index in [1.807, 2.05) is 84.0 Å². The lowest BCUT2D eigenvalue weighted by molar-refractivity contribution is 0.423. The fourth-order valence-corrected chi connectivity index (χ4v) is 3.42. The van der Waals surface area contributed by atoms with Crippen LogP contribution in [0.15, 0.2) is 77.9 Å². The molecule has 0 aliphatic carbocycles. The number of nitrogens with zero attached hydrogens (tertiary/aromatic N) is 2. The number of anilines is 2. The van der Waals surface area contributed by atoms with Gasteiger partial charge in [-0.05, 0) is 52.8 Å². The number of hydrogen-bond donors (Lipinski definition) is 1. The average Bonchev–Trinajstić information content (AvgIpc) is 2.69. The van der Waals surface area contributed by atoms with Crippen LogP contribution in [0, 0.1) is 0 Å². The second-order valence-corrected chi connectivity index (χ2v) is 9.69. The first-order chi connectivity index (χ1) is 14.1. The highest BCUT2D eigenvalue weighted by Gasteiger charge is 2.26. The molecule has 30 heavy (non-hydrogen) atoms. The standard InChI is InChI=1S/C27H32N2O/c1-26(2,3)23-17-20(18-24(25(23)30)27(4,5)6)19-28-29(21-13-9-7-10-14-21)22-15-11-8-12-16-22/h7-19,30H,1-6H3/b28-19+. The Balaban J connectivity index is 2.10. The lowest BCUT2D eigenvalue weighted by Gasteiger charge is -2.28. The fraction of sp³-hybridized carbons (Fsp3) is 0.296. The maximum atomic E-state index is 11.0. The Kier molecular flexibility index (Phi) is 6.02. The van der Waals surface area contributed by atoms with Crippen molar-refractivity contribution in [3.63, 3.8) is 0 Å². The Hall–Kier alpha value is -3.07. The van der Waals surface area contributed by atoms with Crippen molar-refractivity contribution < 1.29 is 5.11 Å². The predicted octanol–water partition coefficient (Wildman–Crippen LogP) is 7.16. The van der Waals surface area contributed by atoms with E-state index in [4.69, 9.17) is 5.10 Å². The number of para-hydroxylation sites is 2. The van der Waals surface area contributed by atoms with Gasteiger partial charge in [-0.2, -0.15) is 5.10 Å². The first-order valence-corrected chi connectivity index (χ1v) is 10.4. The number of hydrogen-bond acceptors (Lipinski definition) is 3. The van der Waals surface area contributed by atoms with Crippen molar-refractivity contribution in [3.8, 4) is 5.75 Å². The molecular weight excluding hydrogens is 368 g/mol. The molecule has 3 rings (SSSR count). The van der Waals surface area contributed by atoms with Crippen molar-refractivity contribution in [2.24, 2.45) is 5.10 Å². The number of hydrazone groups is 1. The normalized spacial score (nSPS) is 12.3. The van der Waals surface area contributed by atoms with Gasteiger partial charge in [-0.25, -0.2) is 5.01 Å². The molecule has 0 saturated heterocycles. The van der Waals surface area contributed by atoms with E-state index in [-0.39, 0.29) is 10.8 Å². The third kappa shape index (κ3) is 4.91. The van der Waals surface area contributed by atoms with Gasteiger partial charge in [0.25, 0.3) is 0 Å². The summed E-state index contributed by atoms with van der Waals surface area (Å²) in [6.07, 6.45) is 1.88. The highest BCUT2D eigenvalue weighted by atomic mass is 16.3. The van der Waals surface area contributed by atoms with Crippen LogP contribution in [-0.2, 0) is 10.8 Å². The molecule has 0 amide bonds. The summed E-state index contributed by atoms with van der Waals surface area (Å²) < 4.78 is 0. The number of aromatic hydroxyl groups is 1. The molecule has 156 valence electrons. The molecular formula is C27H32N2O. The maximum absolute atomic E-state index is 11.0. The van der Waals surface area contributed by atoms with Crippen LogP contribution in [0.2, 0.25) is 0 Å². The second-order valence-electron chi connectivity index (χ2n) is 9.69. The highest BCUT2D eigenvalue weighted by Crippen LogP contribution is 2.39. The van der Waals surface area contributed by atoms with Gasteiger partial charge >= 0.3 is 0 Å². The predicted molar refractivity (Wildman–Crippen MR) is 128 cm³/mol. The summed E-state index contributed by atoms with van der Waals surface area (Å²) >= 11 is 0. The highest BCUT2D eigenvalue weighted by molar-refractivity contribution is 5.83. The Morgan fingerprint density at radius 1 is 0.700 bits per heavy atom. The summed E-state index contributed by atoms with van der Waals surface area (Å²) in [4.78, 5) is 0. The number of benzene rings is 3. The van der Waals surface area contributed by atoms with Gasteiger partial charge in [0.15, 0.2) is 0 Å². The van der Waals surface area contributed by atoms with Gasteiger partial charge in [0.1, 0.15) is 5.75 Å². The zero-order valence-corrected chi connectivity index (χ0v) is 18.8. The number of phenols is 1. The Morgan fingerprint density at radius 3 is 1.47 bits per heavy atom. The van der Waals surface area contributed by atoms with Crippen molar-refractivity contribution in [1.29, 1.82) is 0 Å². The van der Waals surface area contributed by atoms with E-state index in [1.54, 1.807) is 0 Å². The van der Waals surface area contributed by atoms with E-state index in [1.165, 1.54) is 0 Å². The molecule has 0 radical (unpaired) electrons. The minimum atomic E-state index is -0.174. The van der Waals surface area contributed by atoms with Crippen LogP contribution in [-0.4, -0.2) is 11.3 Å². The Bertz CT molecular complexity index is 936. The van der Waals surface area contributed by atoms with E-state index in [2.05, 4.69) is 41.5 Å². The number of phenolic OH excluding ortho intramolecular Hbond substituents is 1. The van der Waals surface area contributed by atoms with Crippen LogP contribution in [0.1, 0.15) is 58.2 Å². The lowest BCUT2D eigenvalue weighted by Crippen LogP contribution is -2.18. The van der Waals surface area contributed by atoms with Gasteiger partial charge in [-0.15, -0.1) is 0 Å². The van der Waals surface area contributed by atoms with Gasteiger partial charge in [-0.1, -0.05) is 77.9 Å². The average molecular weight is 401 g/mol. The van der Waals surface area contributed by atoms with Gasteiger partial charge in [-0.3, -0.25) is 0 Å². The maximum Gasteiger partial charge on any atom is 0.123 e. The summed E-state index contributed by atoms with van der Waals surface area (Å²) in [6.45, 7) is 12.7. The van der Waals surface area contributed by atoms with Crippen molar-refractivity contribution in [1.82, 2.24) is 0 Å². The smallest absolute Gasteiger partial charge is 0.123 e. The van der Waals surface area contributed by atoms with Crippen LogP contribution < -0.4 is 5.01 Å². The Labute approximate surface area is 180 Å². The molecule has 0 atom stereocenters. The summed E-state index contributed by atoms with van der Waals surface area (Å²) in [7, 11) is 0. The van der Waals surface area contributed by atoms with Gasteiger partial charge in [0.05, 0.1) is 17.6 Å². The molecule has 0 saturated carbocycles. The van der Waals surface area contributed by atoms with Gasteiger partial charge < -0.3 is 5.11 Å². The monoisotopic (exact) mass is 400 g/mol. The van der Waals surface area contributed by atoms with E-state index in [9.17, 15) is 5.11 Å². The van der Waals surface area contributed by atoms with Gasteiger partial charge in [0, 0.05) is 11.1 Å². The van der Waals surface area contributed by atoms with Crippen LogP contribution in [0.25, 0.3) is 0 Å². The van der Waals surface area contributed by atoms with E-state index in [0.717, 1.165) is 28.1 Å².